The summed E-state index contributed by atoms with van der Waals surface area (Å²) in [6.45, 7) is 1.19. The lowest BCUT2D eigenvalue weighted by Crippen LogP contribution is -2.12. The van der Waals surface area contributed by atoms with Gasteiger partial charge in [-0.3, -0.25) is 9.59 Å². The lowest BCUT2D eigenvalue weighted by atomic mass is 10.1. The fraction of sp³-hybridized carbons (Fsp3) is 0.111. The number of benzene rings is 3. The summed E-state index contributed by atoms with van der Waals surface area (Å²) >= 11 is 6.41. The molecule has 0 aliphatic carbocycles. The van der Waals surface area contributed by atoms with Crippen LogP contribution in [-0.4, -0.2) is 37.3 Å². The zero-order valence-corrected chi connectivity index (χ0v) is 20.2. The van der Waals surface area contributed by atoms with Crippen LogP contribution >= 0.6 is 11.6 Å². The minimum atomic E-state index is -0.625. The average molecular weight is 505 g/mol. The number of ketones is 1. The van der Waals surface area contributed by atoms with Crippen LogP contribution in [0.3, 0.4) is 0 Å². The van der Waals surface area contributed by atoms with E-state index in [4.69, 9.17) is 25.8 Å². The topological polar surface area (TPSA) is 103 Å². The minimum absolute atomic E-state index is 0.0713. The predicted molar refractivity (Wildman–Crippen MR) is 136 cm³/mol. The van der Waals surface area contributed by atoms with Crippen LogP contribution in [0.5, 0.6) is 11.5 Å². The first-order chi connectivity index (χ1) is 17.3. The van der Waals surface area contributed by atoms with Crippen LogP contribution in [-0.2, 0) is 14.3 Å². The van der Waals surface area contributed by atoms with Crippen molar-refractivity contribution >= 4 is 46.9 Å². The van der Waals surface area contributed by atoms with Crippen LogP contribution in [0.25, 0.3) is 6.08 Å². The van der Waals surface area contributed by atoms with Crippen molar-refractivity contribution in [2.24, 2.45) is 4.99 Å². The van der Waals surface area contributed by atoms with Crippen LogP contribution in [0.4, 0.5) is 5.69 Å². The normalized spacial score (nSPS) is 13.7. The fourth-order valence-electron chi connectivity index (χ4n) is 3.40. The summed E-state index contributed by atoms with van der Waals surface area (Å²) in [5.41, 5.74) is 2.30. The minimum Gasteiger partial charge on any atom is -0.493 e. The largest absolute Gasteiger partial charge is 0.493 e. The molecule has 0 saturated carbocycles. The molecular formula is C27H21ClN2O6. The van der Waals surface area contributed by atoms with Gasteiger partial charge in [0.15, 0.2) is 29.6 Å². The van der Waals surface area contributed by atoms with Crippen LogP contribution in [0, 0.1) is 0 Å². The maximum Gasteiger partial charge on any atom is 0.363 e. The van der Waals surface area contributed by atoms with E-state index in [1.165, 1.54) is 20.1 Å². The first-order valence-corrected chi connectivity index (χ1v) is 11.2. The number of methoxy groups -OCH3 is 1. The standard InChI is InChI=1S/C27H21ClN2O6/c1-16(31)29-20-10-8-19(9-11-20)26-30-22(27(33)36-26)13-17-12-21(28)25(24(14-17)34-2)35-15-23(32)18-6-4-3-5-7-18/h3-14H,15H2,1-2H3,(H,29,31)/b22-13-. The van der Waals surface area contributed by atoms with E-state index in [-0.39, 0.29) is 40.7 Å². The van der Waals surface area contributed by atoms with Gasteiger partial charge in [-0.25, -0.2) is 9.79 Å². The number of rotatable bonds is 8. The van der Waals surface area contributed by atoms with E-state index in [1.54, 1.807) is 60.7 Å². The maximum absolute atomic E-state index is 12.4. The molecule has 3 aromatic carbocycles. The number of halogens is 1. The quantitative estimate of drug-likeness (QED) is 0.265. The number of anilines is 1. The monoisotopic (exact) mass is 504 g/mol. The Hall–Kier alpha value is -4.43. The lowest BCUT2D eigenvalue weighted by Gasteiger charge is -2.13. The summed E-state index contributed by atoms with van der Waals surface area (Å²) in [6, 6.07) is 18.7. The molecule has 1 aliphatic rings. The molecule has 0 aromatic heterocycles. The number of hydrogen-bond acceptors (Lipinski definition) is 7. The summed E-state index contributed by atoms with van der Waals surface area (Å²) < 4.78 is 16.4. The van der Waals surface area contributed by atoms with Gasteiger partial charge in [0.1, 0.15) is 0 Å². The molecular weight excluding hydrogens is 484 g/mol. The molecule has 0 spiro atoms. The Labute approximate surface area is 212 Å². The molecule has 1 N–H and O–H groups in total. The Kier molecular flexibility index (Phi) is 7.46. The van der Waals surface area contributed by atoms with Gasteiger partial charge in [-0.15, -0.1) is 0 Å². The second kappa shape index (κ2) is 10.9. The summed E-state index contributed by atoms with van der Waals surface area (Å²) in [6.07, 6.45) is 1.51. The van der Waals surface area contributed by atoms with Crippen molar-refractivity contribution in [2.45, 2.75) is 6.92 Å². The van der Waals surface area contributed by atoms with E-state index < -0.39 is 5.97 Å². The van der Waals surface area contributed by atoms with E-state index in [1.807, 2.05) is 6.07 Å². The number of esters is 1. The molecule has 182 valence electrons. The zero-order valence-electron chi connectivity index (χ0n) is 19.4. The SMILES string of the molecule is COc1cc(/C=C2\N=C(c3ccc(NC(C)=O)cc3)OC2=O)cc(Cl)c1OCC(=O)c1ccccc1. The number of ether oxygens (including phenoxy) is 3. The molecule has 8 nitrogen and oxygen atoms in total. The lowest BCUT2D eigenvalue weighted by molar-refractivity contribution is -0.129. The van der Waals surface area contributed by atoms with Gasteiger partial charge < -0.3 is 19.5 Å². The Morgan fingerprint density at radius 3 is 2.47 bits per heavy atom. The van der Waals surface area contributed by atoms with E-state index in [0.29, 0.717) is 28.1 Å². The van der Waals surface area contributed by atoms with Crippen LogP contribution < -0.4 is 14.8 Å². The van der Waals surface area contributed by atoms with Gasteiger partial charge in [0.25, 0.3) is 0 Å². The van der Waals surface area contributed by atoms with Crippen molar-refractivity contribution in [1.29, 1.82) is 0 Å². The van der Waals surface area contributed by atoms with Crippen molar-refractivity contribution in [1.82, 2.24) is 0 Å². The van der Waals surface area contributed by atoms with Crippen molar-refractivity contribution in [3.63, 3.8) is 0 Å². The highest BCUT2D eigenvalue weighted by Gasteiger charge is 2.25. The molecule has 36 heavy (non-hydrogen) atoms. The number of nitrogens with one attached hydrogen (secondary N) is 1. The third-order valence-corrected chi connectivity index (χ3v) is 5.35. The Bertz CT molecular complexity index is 1380. The molecule has 0 bridgehead atoms. The van der Waals surface area contributed by atoms with E-state index in [0.717, 1.165) is 0 Å². The van der Waals surface area contributed by atoms with Gasteiger partial charge in [-0.1, -0.05) is 41.9 Å². The molecule has 0 saturated heterocycles. The summed E-state index contributed by atoms with van der Waals surface area (Å²) in [4.78, 5) is 40.2. The number of amides is 1. The second-order valence-electron chi connectivity index (χ2n) is 7.71. The van der Waals surface area contributed by atoms with Crippen molar-refractivity contribution in [3.8, 4) is 11.5 Å². The molecule has 9 heteroatoms. The summed E-state index contributed by atoms with van der Waals surface area (Å²) in [5, 5.41) is 2.87. The molecule has 3 aromatic rings. The van der Waals surface area contributed by atoms with Gasteiger partial charge in [0.2, 0.25) is 11.8 Å². The van der Waals surface area contributed by atoms with Gasteiger partial charge in [-0.05, 0) is 48.0 Å². The Morgan fingerprint density at radius 2 is 1.81 bits per heavy atom. The number of nitrogens with zero attached hydrogens (tertiary/aromatic N) is 1. The Balaban J connectivity index is 1.53. The second-order valence-corrected chi connectivity index (χ2v) is 8.11. The van der Waals surface area contributed by atoms with Crippen molar-refractivity contribution in [2.75, 3.05) is 19.0 Å². The number of carbonyl (C=O) groups is 3. The van der Waals surface area contributed by atoms with Crippen molar-refractivity contribution in [3.05, 3.63) is 94.1 Å². The number of aliphatic imine (C=N–C) groups is 1. The predicted octanol–water partition coefficient (Wildman–Crippen LogP) is 4.91. The van der Waals surface area contributed by atoms with Crippen molar-refractivity contribution < 1.29 is 28.6 Å². The summed E-state index contributed by atoms with van der Waals surface area (Å²) in [5.74, 6) is -0.383. The van der Waals surface area contributed by atoms with Gasteiger partial charge in [0, 0.05) is 23.7 Å². The first-order valence-electron chi connectivity index (χ1n) is 10.8. The first kappa shape index (κ1) is 24.7. The van der Waals surface area contributed by atoms with Crippen LogP contribution in [0.15, 0.2) is 77.4 Å². The molecule has 1 heterocycles. The number of Topliss-reactive ketones (excluding diaryl/α,β-unsaturated/α-hetero) is 1. The molecule has 1 aliphatic heterocycles. The molecule has 4 rings (SSSR count). The highest BCUT2D eigenvalue weighted by molar-refractivity contribution is 6.32. The third kappa shape index (κ3) is 5.79. The molecule has 0 atom stereocenters. The van der Waals surface area contributed by atoms with E-state index in [9.17, 15) is 14.4 Å². The number of carbonyl (C=O) groups excluding carboxylic acids is 3. The average Bonchev–Trinajstić information content (AvgIpc) is 3.23. The molecule has 0 radical (unpaired) electrons. The maximum atomic E-state index is 12.4. The van der Waals surface area contributed by atoms with Gasteiger partial charge in [0.05, 0.1) is 12.1 Å². The third-order valence-electron chi connectivity index (χ3n) is 5.07. The number of hydrogen-bond donors (Lipinski definition) is 1. The molecule has 0 unspecified atom stereocenters. The van der Waals surface area contributed by atoms with Gasteiger partial charge >= 0.3 is 5.97 Å². The highest BCUT2D eigenvalue weighted by atomic mass is 35.5. The van der Waals surface area contributed by atoms with Crippen LogP contribution in [0.2, 0.25) is 5.02 Å². The van der Waals surface area contributed by atoms with E-state index in [2.05, 4.69) is 10.3 Å². The van der Waals surface area contributed by atoms with Gasteiger partial charge in [-0.2, -0.15) is 0 Å². The Morgan fingerprint density at radius 1 is 1.08 bits per heavy atom. The zero-order chi connectivity index (χ0) is 25.7. The summed E-state index contributed by atoms with van der Waals surface area (Å²) in [7, 11) is 1.44. The van der Waals surface area contributed by atoms with E-state index >= 15 is 0 Å². The van der Waals surface area contributed by atoms with Crippen LogP contribution in [0.1, 0.15) is 28.4 Å². The fourth-order valence-corrected chi connectivity index (χ4v) is 3.67. The molecule has 0 fully saturated rings. The smallest absolute Gasteiger partial charge is 0.363 e. The highest BCUT2D eigenvalue weighted by Crippen LogP contribution is 2.37. The molecule has 1 amide bonds. The number of cyclic esters (lactones) is 1.